The maximum Gasteiger partial charge on any atom is 0.228 e. The number of anilines is 1. The molecule has 1 aromatic heterocycles. The Labute approximate surface area is 122 Å². The van der Waals surface area contributed by atoms with Crippen LogP contribution in [0, 0.1) is 0 Å². The molecule has 112 valence electrons. The van der Waals surface area contributed by atoms with E-state index in [0.29, 0.717) is 5.88 Å². The Bertz CT molecular complexity index is 391. The predicted octanol–water partition coefficient (Wildman–Crippen LogP) is 2.19. The van der Waals surface area contributed by atoms with Gasteiger partial charge in [0.1, 0.15) is 0 Å². The fourth-order valence-electron chi connectivity index (χ4n) is 2.53. The van der Waals surface area contributed by atoms with Crippen molar-refractivity contribution in [1.82, 2.24) is 14.9 Å². The van der Waals surface area contributed by atoms with Crippen molar-refractivity contribution in [1.29, 1.82) is 0 Å². The maximum absolute atomic E-state index is 5.15. The standard InChI is InChI=1S/C15H26N4O/c1-3-4-5-6-9-18-10-12-19(13-11-18)15-16-8-7-14(17-15)20-2/h7-8H,3-6,9-13H2,1-2H3. The molecule has 1 fully saturated rings. The number of unbranched alkanes of at least 4 members (excludes halogenated alkanes) is 3. The Morgan fingerprint density at radius 1 is 1.15 bits per heavy atom. The van der Waals surface area contributed by atoms with Crippen LogP contribution < -0.4 is 9.64 Å². The van der Waals surface area contributed by atoms with E-state index >= 15 is 0 Å². The molecule has 0 aliphatic carbocycles. The molecular weight excluding hydrogens is 252 g/mol. The molecule has 0 spiro atoms. The first-order valence-corrected chi connectivity index (χ1v) is 7.68. The molecule has 0 bridgehead atoms. The first-order valence-electron chi connectivity index (χ1n) is 7.68. The molecule has 0 atom stereocenters. The first-order chi connectivity index (χ1) is 9.83. The van der Waals surface area contributed by atoms with Gasteiger partial charge < -0.3 is 9.64 Å². The lowest BCUT2D eigenvalue weighted by Gasteiger charge is -2.34. The van der Waals surface area contributed by atoms with Crippen LogP contribution in [-0.4, -0.2) is 54.7 Å². The second-order valence-corrected chi connectivity index (χ2v) is 5.29. The van der Waals surface area contributed by atoms with Gasteiger partial charge in [0.05, 0.1) is 7.11 Å². The van der Waals surface area contributed by atoms with Crippen LogP contribution in [0.4, 0.5) is 5.95 Å². The number of nitrogens with zero attached hydrogens (tertiary/aromatic N) is 4. The van der Waals surface area contributed by atoms with Gasteiger partial charge in [0.2, 0.25) is 11.8 Å². The minimum absolute atomic E-state index is 0.636. The van der Waals surface area contributed by atoms with Gasteiger partial charge in [-0.3, -0.25) is 4.90 Å². The molecule has 0 N–H and O–H groups in total. The van der Waals surface area contributed by atoms with Crippen LogP contribution in [0.3, 0.4) is 0 Å². The van der Waals surface area contributed by atoms with E-state index in [2.05, 4.69) is 26.7 Å². The van der Waals surface area contributed by atoms with Crippen molar-refractivity contribution >= 4 is 5.95 Å². The summed E-state index contributed by atoms with van der Waals surface area (Å²) in [7, 11) is 1.64. The highest BCUT2D eigenvalue weighted by Gasteiger charge is 2.18. The third-order valence-electron chi connectivity index (χ3n) is 3.81. The lowest BCUT2D eigenvalue weighted by atomic mass is 10.2. The molecule has 1 aromatic rings. The van der Waals surface area contributed by atoms with Gasteiger partial charge in [0.15, 0.2) is 0 Å². The number of hydrogen-bond acceptors (Lipinski definition) is 5. The van der Waals surface area contributed by atoms with Crippen molar-refractivity contribution in [2.24, 2.45) is 0 Å². The van der Waals surface area contributed by atoms with E-state index in [1.807, 2.05) is 0 Å². The number of piperazine rings is 1. The highest BCUT2D eigenvalue weighted by molar-refractivity contribution is 5.32. The molecule has 0 amide bonds. The largest absolute Gasteiger partial charge is 0.481 e. The van der Waals surface area contributed by atoms with Crippen molar-refractivity contribution < 1.29 is 4.74 Å². The molecule has 5 heteroatoms. The molecule has 2 rings (SSSR count). The minimum Gasteiger partial charge on any atom is -0.481 e. The van der Waals surface area contributed by atoms with Crippen LogP contribution in [0.25, 0.3) is 0 Å². The number of aromatic nitrogens is 2. The fourth-order valence-corrected chi connectivity index (χ4v) is 2.53. The smallest absolute Gasteiger partial charge is 0.228 e. The Morgan fingerprint density at radius 3 is 2.65 bits per heavy atom. The summed E-state index contributed by atoms with van der Waals surface area (Å²) in [5, 5.41) is 0. The summed E-state index contributed by atoms with van der Waals surface area (Å²) < 4.78 is 5.15. The van der Waals surface area contributed by atoms with Gasteiger partial charge in [-0.25, -0.2) is 4.98 Å². The Morgan fingerprint density at radius 2 is 1.95 bits per heavy atom. The maximum atomic E-state index is 5.15. The molecule has 1 saturated heterocycles. The first kappa shape index (κ1) is 15.0. The van der Waals surface area contributed by atoms with Crippen LogP contribution in [0.5, 0.6) is 5.88 Å². The summed E-state index contributed by atoms with van der Waals surface area (Å²) in [6.07, 6.45) is 7.11. The number of rotatable bonds is 7. The van der Waals surface area contributed by atoms with Gasteiger partial charge in [-0.1, -0.05) is 26.2 Å². The zero-order valence-corrected chi connectivity index (χ0v) is 12.7. The van der Waals surface area contributed by atoms with Crippen molar-refractivity contribution in [3.05, 3.63) is 12.3 Å². The molecule has 0 radical (unpaired) electrons. The monoisotopic (exact) mass is 278 g/mol. The average Bonchev–Trinajstić information content (AvgIpc) is 2.52. The Kier molecular flexibility index (Phi) is 6.05. The zero-order chi connectivity index (χ0) is 14.2. The van der Waals surface area contributed by atoms with Crippen LogP contribution in [0.1, 0.15) is 32.6 Å². The highest BCUT2D eigenvalue weighted by Crippen LogP contribution is 2.14. The molecule has 1 aliphatic heterocycles. The van der Waals surface area contributed by atoms with Crippen LogP contribution in [0.2, 0.25) is 0 Å². The second-order valence-electron chi connectivity index (χ2n) is 5.29. The topological polar surface area (TPSA) is 41.5 Å². The van der Waals surface area contributed by atoms with E-state index in [1.165, 1.54) is 32.2 Å². The summed E-state index contributed by atoms with van der Waals surface area (Å²) >= 11 is 0. The molecule has 5 nitrogen and oxygen atoms in total. The van der Waals surface area contributed by atoms with E-state index in [4.69, 9.17) is 4.74 Å². The van der Waals surface area contributed by atoms with Crippen LogP contribution in [-0.2, 0) is 0 Å². The summed E-state index contributed by atoms with van der Waals surface area (Å²) in [4.78, 5) is 13.5. The SMILES string of the molecule is CCCCCCN1CCN(c2nccc(OC)n2)CC1. The third kappa shape index (κ3) is 4.34. The van der Waals surface area contributed by atoms with E-state index < -0.39 is 0 Å². The summed E-state index contributed by atoms with van der Waals surface area (Å²) in [5.74, 6) is 1.42. The number of methoxy groups -OCH3 is 1. The summed E-state index contributed by atoms with van der Waals surface area (Å²) in [6, 6.07) is 1.79. The lowest BCUT2D eigenvalue weighted by molar-refractivity contribution is 0.251. The van der Waals surface area contributed by atoms with E-state index in [9.17, 15) is 0 Å². The fraction of sp³-hybridized carbons (Fsp3) is 0.733. The summed E-state index contributed by atoms with van der Waals surface area (Å²) in [6.45, 7) is 7.70. The van der Waals surface area contributed by atoms with Gasteiger partial charge in [0.25, 0.3) is 0 Å². The molecule has 0 aromatic carbocycles. The van der Waals surface area contributed by atoms with Crippen molar-refractivity contribution in [3.8, 4) is 5.88 Å². The van der Waals surface area contributed by atoms with E-state index in [0.717, 1.165) is 32.1 Å². The average molecular weight is 278 g/mol. The molecule has 20 heavy (non-hydrogen) atoms. The van der Waals surface area contributed by atoms with E-state index in [-0.39, 0.29) is 0 Å². The normalized spacial score (nSPS) is 16.4. The lowest BCUT2D eigenvalue weighted by Crippen LogP contribution is -2.47. The molecular formula is C15H26N4O. The predicted molar refractivity (Wildman–Crippen MR) is 81.4 cm³/mol. The second kappa shape index (κ2) is 8.04. The molecule has 1 aliphatic rings. The Balaban J connectivity index is 1.76. The molecule has 2 heterocycles. The van der Waals surface area contributed by atoms with Crippen molar-refractivity contribution in [3.63, 3.8) is 0 Å². The zero-order valence-electron chi connectivity index (χ0n) is 12.7. The highest BCUT2D eigenvalue weighted by atomic mass is 16.5. The quantitative estimate of drug-likeness (QED) is 0.715. The summed E-state index contributed by atoms with van der Waals surface area (Å²) in [5.41, 5.74) is 0. The Hall–Kier alpha value is -1.36. The minimum atomic E-state index is 0.636. The van der Waals surface area contributed by atoms with Crippen LogP contribution in [0.15, 0.2) is 12.3 Å². The van der Waals surface area contributed by atoms with Gasteiger partial charge in [-0.2, -0.15) is 4.98 Å². The number of hydrogen-bond donors (Lipinski definition) is 0. The van der Waals surface area contributed by atoms with Gasteiger partial charge in [-0.15, -0.1) is 0 Å². The van der Waals surface area contributed by atoms with Crippen molar-refractivity contribution in [2.75, 3.05) is 44.7 Å². The molecule has 0 unspecified atom stereocenters. The third-order valence-corrected chi connectivity index (χ3v) is 3.81. The molecule has 0 saturated carbocycles. The number of ether oxygens (including phenoxy) is 1. The van der Waals surface area contributed by atoms with Gasteiger partial charge in [-0.05, 0) is 13.0 Å². The van der Waals surface area contributed by atoms with Gasteiger partial charge >= 0.3 is 0 Å². The van der Waals surface area contributed by atoms with Crippen LogP contribution >= 0.6 is 0 Å². The van der Waals surface area contributed by atoms with Gasteiger partial charge in [0, 0.05) is 38.4 Å². The van der Waals surface area contributed by atoms with E-state index in [1.54, 1.807) is 19.4 Å². The van der Waals surface area contributed by atoms with Crippen molar-refractivity contribution in [2.45, 2.75) is 32.6 Å².